The molecule has 248 valence electrons. The summed E-state index contributed by atoms with van der Waals surface area (Å²) in [5.41, 5.74) is 0.466. The Labute approximate surface area is 267 Å². The summed E-state index contributed by atoms with van der Waals surface area (Å²) >= 11 is 0. The molecule has 11 nitrogen and oxygen atoms in total. The molecule has 0 radical (unpaired) electrons. The van der Waals surface area contributed by atoms with Gasteiger partial charge in [0.25, 0.3) is 11.5 Å². The summed E-state index contributed by atoms with van der Waals surface area (Å²) in [6, 6.07) is 12.7. The summed E-state index contributed by atoms with van der Waals surface area (Å²) in [5, 5.41) is 7.63. The first kappa shape index (κ1) is 31.3. The van der Waals surface area contributed by atoms with Crippen LogP contribution in [0.1, 0.15) is 22.0 Å². The minimum atomic E-state index is -4.71. The van der Waals surface area contributed by atoms with Crippen LogP contribution in [0.15, 0.2) is 63.8 Å². The molecule has 0 fully saturated rings. The number of H-pyrrole nitrogens is 1. The lowest BCUT2D eigenvalue weighted by molar-refractivity contribution is -0.147. The standard InChI is InChI=1S/C31H23F5N6O5S/c1-48(45,46)42(8-7-32)23-14-24-21(26-27(47-24)19-6-5-18(33)12-22(19)37-28(26)43)13-20(23)16-3-2-4-17(11-16)29(44)40-9-10-41-25(15-40)38-39-30(41)31(34,35)36/h2-6,11-14H,7-10,15H2,1H3,(H,37,43). The predicted molar refractivity (Wildman–Crippen MR) is 165 cm³/mol. The summed E-state index contributed by atoms with van der Waals surface area (Å²) in [7, 11) is -4.07. The lowest BCUT2D eigenvalue weighted by atomic mass is 9.98. The molecular formula is C31H23F5N6O5S. The number of fused-ring (bicyclic) bond motifs is 6. The molecule has 3 aromatic heterocycles. The summed E-state index contributed by atoms with van der Waals surface area (Å²) < 4.78 is 101. The van der Waals surface area contributed by atoms with Gasteiger partial charge in [-0.25, -0.2) is 17.2 Å². The Morgan fingerprint density at radius 3 is 2.58 bits per heavy atom. The van der Waals surface area contributed by atoms with E-state index in [0.29, 0.717) is 10.9 Å². The Balaban J connectivity index is 1.37. The topological polar surface area (TPSA) is 134 Å². The number of hydrogen-bond acceptors (Lipinski definition) is 7. The number of carbonyl (C=O) groups is 1. The van der Waals surface area contributed by atoms with Crippen LogP contribution in [0.25, 0.3) is 44.0 Å². The smallest absolute Gasteiger partial charge is 0.451 e. The molecule has 0 bridgehead atoms. The summed E-state index contributed by atoms with van der Waals surface area (Å²) in [5.74, 6) is -2.30. The van der Waals surface area contributed by atoms with E-state index in [1.54, 1.807) is 6.07 Å². The van der Waals surface area contributed by atoms with Gasteiger partial charge in [-0.05, 0) is 42.0 Å². The van der Waals surface area contributed by atoms with Crippen LogP contribution in [-0.4, -0.2) is 65.0 Å². The van der Waals surface area contributed by atoms with Gasteiger partial charge in [0.2, 0.25) is 15.8 Å². The van der Waals surface area contributed by atoms with Crippen LogP contribution in [0.2, 0.25) is 0 Å². The van der Waals surface area contributed by atoms with Gasteiger partial charge in [-0.3, -0.25) is 13.9 Å². The van der Waals surface area contributed by atoms with Crippen molar-refractivity contribution in [2.75, 3.05) is 30.3 Å². The SMILES string of the molecule is CS(=O)(=O)N(CCF)c1cc2oc3c4ccc(F)cc4[nH]c(=O)c3c2cc1-c1cccc(C(=O)N2CCn3c(nnc3C(F)(F)F)C2)c1. The highest BCUT2D eigenvalue weighted by Crippen LogP contribution is 2.41. The van der Waals surface area contributed by atoms with Crippen LogP contribution in [0.5, 0.6) is 0 Å². The van der Waals surface area contributed by atoms with E-state index < -0.39 is 52.5 Å². The lowest BCUT2D eigenvalue weighted by Gasteiger charge is -2.28. The van der Waals surface area contributed by atoms with Gasteiger partial charge in [0.05, 0.1) is 35.9 Å². The fraction of sp³-hybridized carbons (Fsp3) is 0.226. The number of furan rings is 1. The highest BCUT2D eigenvalue weighted by Gasteiger charge is 2.40. The van der Waals surface area contributed by atoms with Crippen molar-refractivity contribution in [2.45, 2.75) is 19.3 Å². The fourth-order valence-electron chi connectivity index (χ4n) is 6.07. The first-order valence-corrected chi connectivity index (χ1v) is 16.2. The Bertz CT molecular complexity index is 2450. The van der Waals surface area contributed by atoms with Crippen molar-refractivity contribution in [2.24, 2.45) is 0 Å². The molecule has 17 heteroatoms. The van der Waals surface area contributed by atoms with E-state index in [2.05, 4.69) is 15.2 Å². The van der Waals surface area contributed by atoms with E-state index in [1.807, 2.05) is 0 Å². The molecule has 1 N–H and O–H groups in total. The van der Waals surface area contributed by atoms with E-state index >= 15 is 0 Å². The lowest BCUT2D eigenvalue weighted by Crippen LogP contribution is -2.39. The van der Waals surface area contributed by atoms with Gasteiger partial charge < -0.3 is 18.9 Å². The molecule has 0 unspecified atom stereocenters. The van der Waals surface area contributed by atoms with Crippen molar-refractivity contribution in [1.29, 1.82) is 0 Å². The maximum atomic E-state index is 13.9. The third-order valence-electron chi connectivity index (χ3n) is 8.18. The van der Waals surface area contributed by atoms with Crippen molar-refractivity contribution < 1.29 is 39.6 Å². The van der Waals surface area contributed by atoms with Gasteiger partial charge in [-0.1, -0.05) is 12.1 Å². The van der Waals surface area contributed by atoms with E-state index in [9.17, 15) is 40.0 Å². The quantitative estimate of drug-likeness (QED) is 0.237. The zero-order chi connectivity index (χ0) is 34.1. The van der Waals surface area contributed by atoms with Gasteiger partial charge in [0.15, 0.2) is 5.82 Å². The molecule has 0 saturated heterocycles. The van der Waals surface area contributed by atoms with Crippen LogP contribution < -0.4 is 9.86 Å². The van der Waals surface area contributed by atoms with Gasteiger partial charge >= 0.3 is 6.18 Å². The number of nitrogens with zero attached hydrogens (tertiary/aromatic N) is 5. The van der Waals surface area contributed by atoms with E-state index in [4.69, 9.17) is 4.42 Å². The number of anilines is 1. The Morgan fingerprint density at radius 1 is 1.06 bits per heavy atom. The Morgan fingerprint density at radius 2 is 1.85 bits per heavy atom. The molecule has 1 amide bonds. The number of carbonyl (C=O) groups excluding carboxylic acids is 1. The van der Waals surface area contributed by atoms with Gasteiger partial charge in [-0.15, -0.1) is 10.2 Å². The minimum Gasteiger partial charge on any atom is -0.455 e. The molecule has 48 heavy (non-hydrogen) atoms. The highest BCUT2D eigenvalue weighted by atomic mass is 32.2. The van der Waals surface area contributed by atoms with Crippen molar-refractivity contribution in [3.63, 3.8) is 0 Å². The van der Waals surface area contributed by atoms with Crippen LogP contribution in [-0.2, 0) is 29.3 Å². The minimum absolute atomic E-state index is 0.00355. The number of aromatic amines is 1. The highest BCUT2D eigenvalue weighted by molar-refractivity contribution is 7.92. The molecule has 0 atom stereocenters. The van der Waals surface area contributed by atoms with Crippen LogP contribution in [0, 0.1) is 5.82 Å². The van der Waals surface area contributed by atoms with Crippen molar-refractivity contribution in [1.82, 2.24) is 24.6 Å². The summed E-state index contributed by atoms with van der Waals surface area (Å²) in [6.07, 6.45) is -3.80. The molecule has 0 aliphatic carbocycles. The van der Waals surface area contributed by atoms with E-state index in [-0.39, 0.29) is 69.7 Å². The average Bonchev–Trinajstić information content (AvgIpc) is 3.64. The van der Waals surface area contributed by atoms with Crippen LogP contribution >= 0.6 is 0 Å². The molecule has 0 spiro atoms. The van der Waals surface area contributed by atoms with Crippen molar-refractivity contribution in [3.8, 4) is 11.1 Å². The third-order valence-corrected chi connectivity index (χ3v) is 9.36. The molecule has 1 aliphatic rings. The van der Waals surface area contributed by atoms with Crippen LogP contribution in [0.3, 0.4) is 0 Å². The monoisotopic (exact) mass is 686 g/mol. The van der Waals surface area contributed by atoms with Crippen molar-refractivity contribution in [3.05, 3.63) is 88.0 Å². The molecule has 6 aromatic rings. The zero-order valence-electron chi connectivity index (χ0n) is 24.8. The average molecular weight is 687 g/mol. The Kier molecular flexibility index (Phi) is 7.26. The van der Waals surface area contributed by atoms with E-state index in [1.165, 1.54) is 47.4 Å². The first-order valence-electron chi connectivity index (χ1n) is 14.4. The number of amides is 1. The second-order valence-electron chi connectivity index (χ2n) is 11.2. The maximum absolute atomic E-state index is 13.9. The fourth-order valence-corrected chi connectivity index (χ4v) is 6.98. The maximum Gasteiger partial charge on any atom is 0.451 e. The number of nitrogens with one attached hydrogen (secondary N) is 1. The number of halogens is 5. The summed E-state index contributed by atoms with van der Waals surface area (Å²) in [6.45, 7) is -2.06. The second-order valence-corrected chi connectivity index (χ2v) is 13.1. The number of pyridine rings is 1. The zero-order valence-corrected chi connectivity index (χ0v) is 25.6. The molecule has 3 aromatic carbocycles. The molecule has 1 aliphatic heterocycles. The molecule has 4 heterocycles. The number of hydrogen-bond donors (Lipinski definition) is 1. The Hall–Kier alpha value is -5.32. The second kappa shape index (κ2) is 11.1. The number of rotatable bonds is 6. The van der Waals surface area contributed by atoms with Gasteiger partial charge in [0.1, 0.15) is 23.7 Å². The number of sulfonamides is 1. The van der Waals surface area contributed by atoms with E-state index in [0.717, 1.165) is 21.2 Å². The molecule has 0 saturated carbocycles. The van der Waals surface area contributed by atoms with Gasteiger partial charge in [-0.2, -0.15) is 13.2 Å². The third kappa shape index (κ3) is 5.23. The normalized spacial score (nSPS) is 13.8. The first-order chi connectivity index (χ1) is 22.7. The van der Waals surface area contributed by atoms with Crippen molar-refractivity contribution >= 4 is 54.5 Å². The van der Waals surface area contributed by atoms with Crippen LogP contribution in [0.4, 0.5) is 27.6 Å². The predicted octanol–water partition coefficient (Wildman–Crippen LogP) is 5.24. The molecular weight excluding hydrogens is 663 g/mol. The number of alkyl halides is 4. The number of aromatic nitrogens is 4. The van der Waals surface area contributed by atoms with Gasteiger partial charge in [0, 0.05) is 41.1 Å². The molecule has 7 rings (SSSR count). The largest absolute Gasteiger partial charge is 0.455 e. The number of benzene rings is 3. The summed E-state index contributed by atoms with van der Waals surface area (Å²) in [4.78, 5) is 30.8.